The highest BCUT2D eigenvalue weighted by atomic mass is 19.2. The van der Waals surface area contributed by atoms with Gasteiger partial charge >= 0.3 is 0 Å². The lowest BCUT2D eigenvalue weighted by Gasteiger charge is -2.05. The van der Waals surface area contributed by atoms with Gasteiger partial charge in [0.1, 0.15) is 5.82 Å². The zero-order chi connectivity index (χ0) is 12.9. The molecule has 18 heavy (non-hydrogen) atoms. The van der Waals surface area contributed by atoms with Crippen molar-refractivity contribution in [3.05, 3.63) is 47.8 Å². The van der Waals surface area contributed by atoms with Crippen LogP contribution in [0.1, 0.15) is 5.69 Å². The normalized spacial score (nSPS) is 11.3. The third-order valence-electron chi connectivity index (χ3n) is 2.96. The molecule has 2 aromatic heterocycles. The Morgan fingerprint density at radius 2 is 1.83 bits per heavy atom. The van der Waals surface area contributed by atoms with Crippen LogP contribution in [0.5, 0.6) is 0 Å². The smallest absolute Gasteiger partial charge is 0.160 e. The fraction of sp³-hybridized carbons (Fsp3) is 0.154. The monoisotopic (exact) mass is 247 g/mol. The number of nitrogens with zero attached hydrogens (tertiary/aromatic N) is 3. The minimum atomic E-state index is -0.846. The summed E-state index contributed by atoms with van der Waals surface area (Å²) in [6.07, 6.45) is 1.78. The van der Waals surface area contributed by atoms with E-state index in [1.54, 1.807) is 21.5 Å². The molecule has 3 aromatic rings. The average Bonchev–Trinajstić information content (AvgIpc) is 2.83. The number of hydrogen-bond donors (Lipinski definition) is 0. The number of aryl methyl sites for hydroxylation is 2. The summed E-state index contributed by atoms with van der Waals surface area (Å²) in [7, 11) is 1.81. The maximum atomic E-state index is 13.3. The number of halogens is 2. The van der Waals surface area contributed by atoms with Crippen LogP contribution in [-0.2, 0) is 7.05 Å². The summed E-state index contributed by atoms with van der Waals surface area (Å²) in [4.78, 5) is 0. The first kappa shape index (κ1) is 11.0. The molecule has 0 unspecified atom stereocenters. The molecule has 0 saturated carbocycles. The maximum absolute atomic E-state index is 13.3. The summed E-state index contributed by atoms with van der Waals surface area (Å²) < 4.78 is 30.0. The zero-order valence-electron chi connectivity index (χ0n) is 9.98. The predicted octanol–water partition coefficient (Wildman–Crippen LogP) is 2.95. The van der Waals surface area contributed by atoms with Crippen LogP contribution < -0.4 is 0 Å². The number of aromatic nitrogens is 3. The summed E-state index contributed by atoms with van der Waals surface area (Å²) in [6, 6.07) is 6.04. The minimum absolute atomic E-state index is 0.622. The van der Waals surface area contributed by atoms with Crippen LogP contribution in [0, 0.1) is 18.6 Å². The Morgan fingerprint density at radius 3 is 2.50 bits per heavy atom. The summed E-state index contributed by atoms with van der Waals surface area (Å²) in [6.45, 7) is 1.88. The molecule has 0 N–H and O–H groups in total. The number of fused-ring (bicyclic) bond motifs is 1. The van der Waals surface area contributed by atoms with Gasteiger partial charge in [0, 0.05) is 30.8 Å². The van der Waals surface area contributed by atoms with Crippen LogP contribution in [0.25, 0.3) is 16.7 Å². The van der Waals surface area contributed by atoms with E-state index in [1.165, 1.54) is 12.1 Å². The zero-order valence-corrected chi connectivity index (χ0v) is 9.98. The molecule has 3 nitrogen and oxygen atoms in total. The summed E-state index contributed by atoms with van der Waals surface area (Å²) in [5.74, 6) is -0.865. The van der Waals surface area contributed by atoms with Crippen molar-refractivity contribution >= 4 is 10.9 Å². The van der Waals surface area contributed by atoms with E-state index in [2.05, 4.69) is 5.10 Å². The van der Waals surface area contributed by atoms with Gasteiger partial charge in [0.25, 0.3) is 0 Å². The SMILES string of the molecule is Cc1cc(-n2ccc3cc(F)c(F)cc32)n(C)n1. The molecule has 0 atom stereocenters. The van der Waals surface area contributed by atoms with E-state index in [4.69, 9.17) is 0 Å². The van der Waals surface area contributed by atoms with Crippen LogP contribution in [0.15, 0.2) is 30.5 Å². The quantitative estimate of drug-likeness (QED) is 0.648. The lowest BCUT2D eigenvalue weighted by Crippen LogP contribution is -2.01. The van der Waals surface area contributed by atoms with Crippen molar-refractivity contribution in [2.24, 2.45) is 7.05 Å². The second-order valence-corrected chi connectivity index (χ2v) is 4.28. The Hall–Kier alpha value is -2.17. The predicted molar refractivity (Wildman–Crippen MR) is 64.7 cm³/mol. The van der Waals surface area contributed by atoms with Gasteiger partial charge in [0.15, 0.2) is 11.6 Å². The van der Waals surface area contributed by atoms with Crippen molar-refractivity contribution in [2.75, 3.05) is 0 Å². The molecule has 3 rings (SSSR count). The first-order valence-corrected chi connectivity index (χ1v) is 5.53. The van der Waals surface area contributed by atoms with Gasteiger partial charge in [-0.05, 0) is 19.1 Å². The first-order valence-electron chi connectivity index (χ1n) is 5.53. The molecule has 0 aliphatic rings. The van der Waals surface area contributed by atoms with Crippen LogP contribution in [-0.4, -0.2) is 14.3 Å². The number of rotatable bonds is 1. The van der Waals surface area contributed by atoms with E-state index in [0.717, 1.165) is 11.5 Å². The summed E-state index contributed by atoms with van der Waals surface area (Å²) in [5.41, 5.74) is 1.49. The van der Waals surface area contributed by atoms with Crippen molar-refractivity contribution in [1.82, 2.24) is 14.3 Å². The molecule has 0 aliphatic carbocycles. The Kier molecular flexibility index (Phi) is 2.23. The molecule has 0 radical (unpaired) electrons. The van der Waals surface area contributed by atoms with Gasteiger partial charge in [-0.25, -0.2) is 8.78 Å². The fourth-order valence-corrected chi connectivity index (χ4v) is 2.15. The lowest BCUT2D eigenvalue weighted by atomic mass is 10.2. The molecule has 0 bridgehead atoms. The highest BCUT2D eigenvalue weighted by molar-refractivity contribution is 5.81. The van der Waals surface area contributed by atoms with Gasteiger partial charge < -0.3 is 4.57 Å². The third-order valence-corrected chi connectivity index (χ3v) is 2.96. The molecule has 0 saturated heterocycles. The molecule has 92 valence electrons. The highest BCUT2D eigenvalue weighted by Gasteiger charge is 2.11. The first-order chi connectivity index (χ1) is 8.56. The Bertz CT molecular complexity index is 740. The fourth-order valence-electron chi connectivity index (χ4n) is 2.15. The molecule has 5 heteroatoms. The molecular formula is C13H11F2N3. The number of benzene rings is 1. The van der Waals surface area contributed by atoms with Crippen molar-refractivity contribution in [1.29, 1.82) is 0 Å². The van der Waals surface area contributed by atoms with E-state index < -0.39 is 11.6 Å². The summed E-state index contributed by atoms with van der Waals surface area (Å²) >= 11 is 0. The van der Waals surface area contributed by atoms with Gasteiger partial charge in [0.2, 0.25) is 0 Å². The highest BCUT2D eigenvalue weighted by Crippen LogP contribution is 2.23. The molecule has 0 amide bonds. The van der Waals surface area contributed by atoms with E-state index in [1.807, 2.05) is 20.0 Å². The van der Waals surface area contributed by atoms with Crippen molar-refractivity contribution < 1.29 is 8.78 Å². The topological polar surface area (TPSA) is 22.8 Å². The van der Waals surface area contributed by atoms with E-state index in [0.29, 0.717) is 10.9 Å². The average molecular weight is 247 g/mol. The van der Waals surface area contributed by atoms with Gasteiger partial charge in [0.05, 0.1) is 11.2 Å². The molecule has 0 aliphatic heterocycles. The second-order valence-electron chi connectivity index (χ2n) is 4.28. The van der Waals surface area contributed by atoms with Crippen LogP contribution in [0.3, 0.4) is 0 Å². The van der Waals surface area contributed by atoms with Crippen LogP contribution >= 0.6 is 0 Å². The Balaban J connectivity index is 2.30. The molecule has 0 spiro atoms. The van der Waals surface area contributed by atoms with Crippen molar-refractivity contribution in [3.63, 3.8) is 0 Å². The lowest BCUT2D eigenvalue weighted by molar-refractivity contribution is 0.510. The van der Waals surface area contributed by atoms with Crippen LogP contribution in [0.2, 0.25) is 0 Å². The van der Waals surface area contributed by atoms with E-state index in [-0.39, 0.29) is 0 Å². The van der Waals surface area contributed by atoms with Crippen LogP contribution in [0.4, 0.5) is 8.78 Å². The molecule has 2 heterocycles. The Labute approximate surface area is 102 Å². The second kappa shape index (κ2) is 3.66. The van der Waals surface area contributed by atoms with E-state index in [9.17, 15) is 8.78 Å². The van der Waals surface area contributed by atoms with Gasteiger partial charge in [-0.3, -0.25) is 4.68 Å². The van der Waals surface area contributed by atoms with Crippen molar-refractivity contribution in [3.8, 4) is 5.82 Å². The number of hydrogen-bond acceptors (Lipinski definition) is 1. The van der Waals surface area contributed by atoms with Gasteiger partial charge in [-0.15, -0.1) is 0 Å². The van der Waals surface area contributed by atoms with Gasteiger partial charge in [-0.2, -0.15) is 5.10 Å². The molecule has 0 fully saturated rings. The Morgan fingerprint density at radius 1 is 1.11 bits per heavy atom. The molecule has 1 aromatic carbocycles. The van der Waals surface area contributed by atoms with Crippen molar-refractivity contribution in [2.45, 2.75) is 6.92 Å². The summed E-state index contributed by atoms with van der Waals surface area (Å²) in [5, 5.41) is 4.90. The molecular weight excluding hydrogens is 236 g/mol. The van der Waals surface area contributed by atoms with E-state index >= 15 is 0 Å². The van der Waals surface area contributed by atoms with Gasteiger partial charge in [-0.1, -0.05) is 0 Å². The largest absolute Gasteiger partial charge is 0.301 e. The third kappa shape index (κ3) is 1.51. The standard InChI is InChI=1S/C13H11F2N3/c1-8-5-13(17(2)16-8)18-4-3-9-6-10(14)11(15)7-12(9)18/h3-7H,1-2H3. The minimum Gasteiger partial charge on any atom is -0.301 e. The maximum Gasteiger partial charge on any atom is 0.160 e.